The molecular weight excluding hydrogens is 280 g/mol. The molecule has 1 heterocycles. The first-order valence-electron chi connectivity index (χ1n) is 8.32. The van der Waals surface area contributed by atoms with Gasteiger partial charge in [0.2, 0.25) is 5.91 Å². The Bertz CT molecular complexity index is 496. The number of carbonyl (C=O) groups is 1. The monoisotopic (exact) mass is 308 g/mol. The van der Waals surface area contributed by atoms with Crippen LogP contribution in [0.2, 0.25) is 0 Å². The molecule has 1 saturated carbocycles. The van der Waals surface area contributed by atoms with Crippen LogP contribution in [0.1, 0.15) is 64.3 Å². The highest BCUT2D eigenvalue weighted by Gasteiger charge is 2.48. The lowest BCUT2D eigenvalue weighted by Crippen LogP contribution is -2.58. The van der Waals surface area contributed by atoms with Gasteiger partial charge in [0.25, 0.3) is 0 Å². The molecule has 2 N–H and O–H groups in total. The van der Waals surface area contributed by atoms with Crippen molar-refractivity contribution < 1.29 is 14.4 Å². The molecule has 2 atom stereocenters. The van der Waals surface area contributed by atoms with E-state index in [1.165, 1.54) is 0 Å². The van der Waals surface area contributed by atoms with Crippen molar-refractivity contribution in [2.45, 2.75) is 71.9 Å². The molecule has 1 aromatic rings. The number of nitrogens with one attached hydrogen (secondary N) is 1. The van der Waals surface area contributed by atoms with Gasteiger partial charge >= 0.3 is 0 Å². The van der Waals surface area contributed by atoms with Crippen LogP contribution in [-0.4, -0.2) is 22.2 Å². The van der Waals surface area contributed by atoms with E-state index < -0.39 is 0 Å². The Labute approximate surface area is 132 Å². The zero-order chi connectivity index (χ0) is 16.2. The van der Waals surface area contributed by atoms with E-state index in [1.54, 1.807) is 0 Å². The molecular formula is C17H28N2O3. The lowest BCUT2D eigenvalue weighted by molar-refractivity contribution is -0.125. The van der Waals surface area contributed by atoms with Gasteiger partial charge in [0.15, 0.2) is 5.76 Å². The van der Waals surface area contributed by atoms with Crippen molar-refractivity contribution in [1.82, 2.24) is 10.5 Å². The van der Waals surface area contributed by atoms with E-state index in [4.69, 9.17) is 9.63 Å². The van der Waals surface area contributed by atoms with Crippen LogP contribution >= 0.6 is 0 Å². The van der Waals surface area contributed by atoms with Gasteiger partial charge in [-0.2, -0.15) is 0 Å². The van der Waals surface area contributed by atoms with Crippen LogP contribution in [0.3, 0.4) is 0 Å². The molecule has 1 aromatic heterocycles. The van der Waals surface area contributed by atoms with Gasteiger partial charge in [-0.05, 0) is 30.6 Å². The molecule has 5 nitrogen and oxygen atoms in total. The largest absolute Gasteiger partial charge is 0.388 e. The summed E-state index contributed by atoms with van der Waals surface area (Å²) in [6.45, 7) is 6.43. The highest BCUT2D eigenvalue weighted by molar-refractivity contribution is 5.76. The van der Waals surface area contributed by atoms with Gasteiger partial charge in [-0.15, -0.1) is 0 Å². The zero-order valence-corrected chi connectivity index (χ0v) is 13.9. The van der Waals surface area contributed by atoms with Crippen molar-refractivity contribution in [3.8, 4) is 0 Å². The minimum Gasteiger partial charge on any atom is -0.388 e. The van der Waals surface area contributed by atoms with Gasteiger partial charge in [0.05, 0.1) is 5.69 Å². The smallest absolute Gasteiger partial charge is 0.220 e. The molecule has 0 spiro atoms. The van der Waals surface area contributed by atoms with Crippen LogP contribution < -0.4 is 5.32 Å². The van der Waals surface area contributed by atoms with E-state index in [1.807, 2.05) is 6.07 Å². The Balaban J connectivity index is 1.80. The van der Waals surface area contributed by atoms with Gasteiger partial charge in [0.1, 0.15) is 6.61 Å². The number of nitrogens with zero attached hydrogens (tertiary/aromatic N) is 1. The zero-order valence-electron chi connectivity index (χ0n) is 13.9. The Kier molecular flexibility index (Phi) is 5.62. The summed E-state index contributed by atoms with van der Waals surface area (Å²) < 4.78 is 5.03. The predicted octanol–water partition coefficient (Wildman–Crippen LogP) is 2.82. The van der Waals surface area contributed by atoms with Crippen LogP contribution in [0.25, 0.3) is 0 Å². The third kappa shape index (κ3) is 3.88. The van der Waals surface area contributed by atoms with Gasteiger partial charge in [-0.25, -0.2) is 0 Å². The van der Waals surface area contributed by atoms with Crippen LogP contribution in [0.5, 0.6) is 0 Å². The summed E-state index contributed by atoms with van der Waals surface area (Å²) in [6.07, 6.45) is 5.67. The number of carbonyl (C=O) groups excluding carboxylic acids is 1. The average molecular weight is 308 g/mol. The van der Waals surface area contributed by atoms with E-state index in [0.717, 1.165) is 37.8 Å². The summed E-state index contributed by atoms with van der Waals surface area (Å²) in [5, 5.41) is 16.2. The molecule has 0 aromatic carbocycles. The molecule has 1 amide bonds. The highest BCUT2D eigenvalue weighted by Crippen LogP contribution is 2.47. The normalized spacial score (nSPS) is 23.1. The maximum Gasteiger partial charge on any atom is 0.220 e. The van der Waals surface area contributed by atoms with E-state index in [2.05, 4.69) is 31.2 Å². The molecule has 1 aliphatic rings. The SMILES string of the molecule is CCCCCC(=O)N[C@H]1C[C@@H](Cc2cc(CO)on2)C1(C)C. The third-order valence-electron chi connectivity index (χ3n) is 5.03. The fourth-order valence-corrected chi connectivity index (χ4v) is 3.19. The van der Waals surface area contributed by atoms with E-state index in [-0.39, 0.29) is 24.0 Å². The number of rotatable bonds is 8. The Morgan fingerprint density at radius 2 is 2.27 bits per heavy atom. The van der Waals surface area contributed by atoms with Crippen LogP contribution in [0.15, 0.2) is 10.6 Å². The molecule has 1 fully saturated rings. The number of unbranched alkanes of at least 4 members (excludes halogenated alkanes) is 2. The first kappa shape index (κ1) is 17.0. The first-order chi connectivity index (χ1) is 10.5. The molecule has 5 heteroatoms. The minimum absolute atomic E-state index is 0.0682. The van der Waals surface area contributed by atoms with Gasteiger partial charge in [-0.1, -0.05) is 38.8 Å². The van der Waals surface area contributed by atoms with E-state index >= 15 is 0 Å². The number of aliphatic hydroxyl groups is 1. The maximum absolute atomic E-state index is 11.9. The fraction of sp³-hybridized carbons (Fsp3) is 0.765. The van der Waals surface area contributed by atoms with Crippen molar-refractivity contribution >= 4 is 5.91 Å². The van der Waals surface area contributed by atoms with Crippen molar-refractivity contribution in [3.63, 3.8) is 0 Å². The van der Waals surface area contributed by atoms with Gasteiger partial charge in [-0.3, -0.25) is 4.79 Å². The number of amides is 1. The van der Waals surface area contributed by atoms with Crippen molar-refractivity contribution in [2.75, 3.05) is 0 Å². The van der Waals surface area contributed by atoms with Crippen LogP contribution in [0, 0.1) is 11.3 Å². The molecule has 22 heavy (non-hydrogen) atoms. The molecule has 2 rings (SSSR count). The third-order valence-corrected chi connectivity index (χ3v) is 5.03. The molecule has 0 bridgehead atoms. The standard InChI is InChI=1S/C17H28N2O3/c1-4-5-6-7-16(21)18-15-9-12(17(15,2)3)8-13-10-14(11-20)22-19-13/h10,12,15,20H,4-9,11H2,1-3H3,(H,18,21)/t12-,15+/m1/s1. The second-order valence-corrected chi connectivity index (χ2v) is 6.98. The fourth-order valence-electron chi connectivity index (χ4n) is 3.19. The molecule has 0 aliphatic heterocycles. The van der Waals surface area contributed by atoms with E-state index in [9.17, 15) is 4.79 Å². The highest BCUT2D eigenvalue weighted by atomic mass is 16.5. The van der Waals surface area contributed by atoms with Crippen molar-refractivity contribution in [3.05, 3.63) is 17.5 Å². The van der Waals surface area contributed by atoms with Crippen LogP contribution in [-0.2, 0) is 17.8 Å². The topological polar surface area (TPSA) is 75.4 Å². The minimum atomic E-state index is -0.114. The van der Waals surface area contributed by atoms with E-state index in [0.29, 0.717) is 18.1 Å². The number of hydrogen-bond donors (Lipinski definition) is 2. The summed E-state index contributed by atoms with van der Waals surface area (Å²) >= 11 is 0. The maximum atomic E-state index is 11.9. The summed E-state index contributed by atoms with van der Waals surface area (Å²) in [5.74, 6) is 1.16. The second kappa shape index (κ2) is 7.27. The summed E-state index contributed by atoms with van der Waals surface area (Å²) in [5.41, 5.74) is 0.952. The van der Waals surface area contributed by atoms with Gasteiger partial charge in [0, 0.05) is 18.5 Å². The molecule has 0 unspecified atom stereocenters. The second-order valence-electron chi connectivity index (χ2n) is 6.98. The average Bonchev–Trinajstić information content (AvgIpc) is 2.94. The summed E-state index contributed by atoms with van der Waals surface area (Å²) in [7, 11) is 0. The summed E-state index contributed by atoms with van der Waals surface area (Å²) in [6, 6.07) is 2.06. The molecule has 0 saturated heterocycles. The van der Waals surface area contributed by atoms with Crippen molar-refractivity contribution in [1.29, 1.82) is 0 Å². The lowest BCUT2D eigenvalue weighted by Gasteiger charge is -2.52. The number of hydrogen-bond acceptors (Lipinski definition) is 4. The quantitative estimate of drug-likeness (QED) is 0.724. The Morgan fingerprint density at radius 1 is 1.50 bits per heavy atom. The number of aromatic nitrogens is 1. The molecule has 124 valence electrons. The predicted molar refractivity (Wildman–Crippen MR) is 84.1 cm³/mol. The first-order valence-corrected chi connectivity index (χ1v) is 8.32. The molecule has 0 radical (unpaired) electrons. The Hall–Kier alpha value is -1.36. The number of aliphatic hydroxyl groups excluding tert-OH is 1. The van der Waals surface area contributed by atoms with Crippen LogP contribution in [0.4, 0.5) is 0 Å². The summed E-state index contributed by atoms with van der Waals surface area (Å²) in [4.78, 5) is 11.9. The Morgan fingerprint density at radius 3 is 2.86 bits per heavy atom. The molecule has 1 aliphatic carbocycles. The lowest BCUT2D eigenvalue weighted by atomic mass is 9.57. The van der Waals surface area contributed by atoms with Crippen molar-refractivity contribution in [2.24, 2.45) is 11.3 Å². The van der Waals surface area contributed by atoms with Gasteiger partial charge < -0.3 is 14.9 Å².